The average molecular weight is 108 g/mol. The van der Waals surface area contributed by atoms with Crippen molar-refractivity contribution in [1.82, 2.24) is 4.90 Å². The zero-order chi connectivity index (χ0) is 4.99. The summed E-state index contributed by atoms with van der Waals surface area (Å²) in [6, 6.07) is 0.267. The molecular formula is C3H6ClNO. The number of alkyl halides is 1. The lowest BCUT2D eigenvalue weighted by Crippen LogP contribution is -2.12. The summed E-state index contributed by atoms with van der Waals surface area (Å²) in [6.45, 7) is 0. The van der Waals surface area contributed by atoms with E-state index in [9.17, 15) is 4.79 Å². The highest BCUT2D eigenvalue weighted by molar-refractivity contribution is 6.18. The predicted molar refractivity (Wildman–Crippen MR) is 24.5 cm³/mol. The van der Waals surface area contributed by atoms with E-state index in [1.165, 1.54) is 4.90 Å². The lowest BCUT2D eigenvalue weighted by atomic mass is 11.0. The minimum Gasteiger partial charge on any atom is -0.335 e. The van der Waals surface area contributed by atoms with Crippen LogP contribution in [0.2, 0.25) is 0 Å². The van der Waals surface area contributed by atoms with Crippen LogP contribution in [0.3, 0.4) is 0 Å². The smallest absolute Gasteiger partial charge is 0.210 e. The van der Waals surface area contributed by atoms with E-state index in [1.54, 1.807) is 7.05 Å². The summed E-state index contributed by atoms with van der Waals surface area (Å²) in [5.41, 5.74) is 0. The fourth-order valence-corrected chi connectivity index (χ4v) is 0.0845. The number of carbonyl (C=O) groups excluding carboxylic acids is 1. The van der Waals surface area contributed by atoms with Gasteiger partial charge in [0.2, 0.25) is 6.41 Å². The van der Waals surface area contributed by atoms with Crippen molar-refractivity contribution >= 4 is 18.0 Å². The number of carbonyl (C=O) groups is 1. The first-order valence-corrected chi connectivity index (χ1v) is 2.06. The third-order valence-corrected chi connectivity index (χ3v) is 0.746. The van der Waals surface area contributed by atoms with Gasteiger partial charge in [-0.25, -0.2) is 0 Å². The maximum absolute atomic E-state index is 9.58. The number of rotatable bonds is 2. The molecule has 0 saturated heterocycles. The maximum Gasteiger partial charge on any atom is 0.210 e. The molecule has 0 heterocycles. The van der Waals surface area contributed by atoms with Crippen molar-refractivity contribution in [1.29, 1.82) is 0 Å². The van der Waals surface area contributed by atoms with Crippen molar-refractivity contribution in [2.24, 2.45) is 0 Å². The molecule has 0 saturated carbocycles. The standard InChI is InChI=1S/C3H6ClNO/c1-5(2-4)3-6/h3H,2H2,1H3. The quantitative estimate of drug-likeness (QED) is 0.282. The molecule has 0 bridgehead atoms. The van der Waals surface area contributed by atoms with Crippen LogP contribution < -0.4 is 0 Å². The van der Waals surface area contributed by atoms with Gasteiger partial charge in [-0.2, -0.15) is 0 Å². The average Bonchev–Trinajstić information content (AvgIpc) is 1.65. The van der Waals surface area contributed by atoms with Crippen LogP contribution in [-0.4, -0.2) is 24.4 Å². The van der Waals surface area contributed by atoms with E-state index in [1.807, 2.05) is 0 Å². The molecule has 1 amide bonds. The molecule has 0 aromatic rings. The van der Waals surface area contributed by atoms with Crippen molar-refractivity contribution in [3.05, 3.63) is 0 Å². The molecule has 0 radical (unpaired) electrons. The van der Waals surface area contributed by atoms with Crippen LogP contribution in [0, 0.1) is 0 Å². The van der Waals surface area contributed by atoms with E-state index < -0.39 is 0 Å². The van der Waals surface area contributed by atoms with Gasteiger partial charge in [-0.05, 0) is 0 Å². The van der Waals surface area contributed by atoms with Gasteiger partial charge in [0, 0.05) is 7.05 Å². The molecule has 2 nitrogen and oxygen atoms in total. The summed E-state index contributed by atoms with van der Waals surface area (Å²) < 4.78 is 0. The van der Waals surface area contributed by atoms with Gasteiger partial charge >= 0.3 is 0 Å². The van der Waals surface area contributed by atoms with E-state index in [4.69, 9.17) is 11.6 Å². The monoisotopic (exact) mass is 107 g/mol. The molecule has 0 aliphatic heterocycles. The zero-order valence-electron chi connectivity index (χ0n) is 3.52. The fourth-order valence-electron chi connectivity index (χ4n) is 0.0282. The number of hydrogen-bond donors (Lipinski definition) is 0. The van der Waals surface area contributed by atoms with Crippen LogP contribution in [0.1, 0.15) is 0 Å². The third-order valence-electron chi connectivity index (χ3n) is 0.368. The van der Waals surface area contributed by atoms with Crippen LogP contribution >= 0.6 is 11.6 Å². The van der Waals surface area contributed by atoms with Gasteiger partial charge < -0.3 is 4.90 Å². The fraction of sp³-hybridized carbons (Fsp3) is 0.667. The molecule has 0 unspecified atom stereocenters. The van der Waals surface area contributed by atoms with Gasteiger partial charge in [-0.15, -0.1) is 11.6 Å². The first kappa shape index (κ1) is 5.76. The first-order valence-electron chi connectivity index (χ1n) is 1.52. The normalized spacial score (nSPS) is 7.67. The second-order valence-electron chi connectivity index (χ2n) is 0.982. The molecule has 6 heavy (non-hydrogen) atoms. The lowest BCUT2D eigenvalue weighted by Gasteiger charge is -1.99. The van der Waals surface area contributed by atoms with Gasteiger partial charge in [0.15, 0.2) is 0 Å². The Morgan fingerprint density at radius 1 is 2.00 bits per heavy atom. The highest BCUT2D eigenvalue weighted by Crippen LogP contribution is 1.75. The molecule has 3 heteroatoms. The highest BCUT2D eigenvalue weighted by atomic mass is 35.5. The minimum absolute atomic E-state index is 0.267. The van der Waals surface area contributed by atoms with E-state index in [2.05, 4.69) is 0 Å². The highest BCUT2D eigenvalue weighted by Gasteiger charge is 1.81. The Kier molecular flexibility index (Phi) is 2.85. The molecule has 36 valence electrons. The Labute approximate surface area is 41.7 Å². The van der Waals surface area contributed by atoms with Gasteiger partial charge in [-0.1, -0.05) is 0 Å². The summed E-state index contributed by atoms with van der Waals surface area (Å²) in [5, 5.41) is 0. The predicted octanol–water partition coefficient (Wildman–Crippen LogP) is 0.271. The Morgan fingerprint density at radius 3 is 2.50 bits per heavy atom. The maximum atomic E-state index is 9.58. The van der Waals surface area contributed by atoms with Crippen LogP contribution in [0.25, 0.3) is 0 Å². The summed E-state index contributed by atoms with van der Waals surface area (Å²) in [7, 11) is 1.61. The van der Waals surface area contributed by atoms with Gasteiger partial charge in [-0.3, -0.25) is 4.79 Å². The number of amides is 1. The molecule has 0 aromatic heterocycles. The molecule has 0 atom stereocenters. The van der Waals surface area contributed by atoms with E-state index in [-0.39, 0.29) is 6.00 Å². The summed E-state index contributed by atoms with van der Waals surface area (Å²) in [6.07, 6.45) is 0.674. The molecule has 0 aliphatic rings. The Bertz CT molecular complexity index is 48.1. The van der Waals surface area contributed by atoms with Crippen LogP contribution in [-0.2, 0) is 4.79 Å². The van der Waals surface area contributed by atoms with Gasteiger partial charge in [0.1, 0.15) is 0 Å². The molecule has 0 aliphatic carbocycles. The summed E-state index contributed by atoms with van der Waals surface area (Å²) >= 11 is 5.15. The summed E-state index contributed by atoms with van der Waals surface area (Å²) in [5.74, 6) is 0. The Morgan fingerprint density at radius 2 is 2.50 bits per heavy atom. The minimum atomic E-state index is 0.267. The molecular weight excluding hydrogens is 101 g/mol. The molecule has 0 fully saturated rings. The Hall–Kier alpha value is -0.240. The second kappa shape index (κ2) is 2.97. The van der Waals surface area contributed by atoms with Crippen LogP contribution in [0.5, 0.6) is 0 Å². The first-order chi connectivity index (χ1) is 2.81. The molecule has 0 aromatic carbocycles. The zero-order valence-corrected chi connectivity index (χ0v) is 4.27. The van der Waals surface area contributed by atoms with Crippen molar-refractivity contribution in [2.75, 3.05) is 13.1 Å². The van der Waals surface area contributed by atoms with Crippen molar-refractivity contribution in [3.8, 4) is 0 Å². The molecule has 0 spiro atoms. The summed E-state index contributed by atoms with van der Waals surface area (Å²) in [4.78, 5) is 10.9. The van der Waals surface area contributed by atoms with Crippen molar-refractivity contribution < 1.29 is 4.79 Å². The third kappa shape index (κ3) is 2.03. The topological polar surface area (TPSA) is 20.3 Å². The van der Waals surface area contributed by atoms with Crippen molar-refractivity contribution in [2.45, 2.75) is 0 Å². The van der Waals surface area contributed by atoms with Gasteiger partial charge in [0.25, 0.3) is 0 Å². The largest absolute Gasteiger partial charge is 0.335 e. The van der Waals surface area contributed by atoms with Crippen LogP contribution in [0.15, 0.2) is 0 Å². The second-order valence-corrected chi connectivity index (χ2v) is 1.22. The van der Waals surface area contributed by atoms with E-state index in [0.717, 1.165) is 0 Å². The van der Waals surface area contributed by atoms with E-state index >= 15 is 0 Å². The van der Waals surface area contributed by atoms with Crippen molar-refractivity contribution in [3.63, 3.8) is 0 Å². The molecule has 0 rings (SSSR count). The number of nitrogens with zero attached hydrogens (tertiary/aromatic N) is 1. The lowest BCUT2D eigenvalue weighted by molar-refractivity contribution is -0.116. The van der Waals surface area contributed by atoms with Gasteiger partial charge in [0.05, 0.1) is 6.00 Å². The van der Waals surface area contributed by atoms with E-state index in [0.29, 0.717) is 6.41 Å². The number of halogens is 1. The molecule has 0 N–H and O–H groups in total. The van der Waals surface area contributed by atoms with Crippen LogP contribution in [0.4, 0.5) is 0 Å². The SMILES string of the molecule is CN(C=O)CCl. The number of hydrogen-bond acceptors (Lipinski definition) is 1. The Balaban J connectivity index is 2.96.